The molecule has 3 rings (SSSR count). The molecular formula is C18H16N4O3. The molecule has 0 atom stereocenters. The molecule has 126 valence electrons. The smallest absolute Gasteiger partial charge is 0.328 e. The van der Waals surface area contributed by atoms with Gasteiger partial charge in [-0.1, -0.05) is 41.6 Å². The van der Waals surface area contributed by atoms with Gasteiger partial charge >= 0.3 is 11.8 Å². The van der Waals surface area contributed by atoms with Crippen LogP contribution in [-0.4, -0.2) is 17.0 Å². The van der Waals surface area contributed by atoms with E-state index in [4.69, 9.17) is 4.52 Å². The fourth-order valence-electron chi connectivity index (χ4n) is 2.18. The van der Waals surface area contributed by atoms with E-state index in [0.717, 1.165) is 0 Å². The highest BCUT2D eigenvalue weighted by atomic mass is 16.5. The number of nitrogens with one attached hydrogen (secondary N) is 2. The van der Waals surface area contributed by atoms with Crippen molar-refractivity contribution in [3.05, 3.63) is 72.5 Å². The van der Waals surface area contributed by atoms with E-state index in [0.29, 0.717) is 17.1 Å². The third-order valence-electron chi connectivity index (χ3n) is 3.32. The third kappa shape index (κ3) is 4.03. The number of hydrazine groups is 1. The van der Waals surface area contributed by atoms with Crippen molar-refractivity contribution in [3.63, 3.8) is 0 Å². The summed E-state index contributed by atoms with van der Waals surface area (Å²) >= 11 is 0. The average Bonchev–Trinajstić information content (AvgIpc) is 3.05. The van der Waals surface area contributed by atoms with Crippen LogP contribution in [0.25, 0.3) is 0 Å². The SMILES string of the molecule is Cc1cc(NC(=O)C(=O)NN(c2ccccc2)c2ccccc2)no1. The number of hydrogen-bond donors (Lipinski definition) is 2. The molecule has 0 aliphatic carbocycles. The Balaban J connectivity index is 1.78. The van der Waals surface area contributed by atoms with E-state index >= 15 is 0 Å². The van der Waals surface area contributed by atoms with Crippen molar-refractivity contribution in [2.75, 3.05) is 10.3 Å². The summed E-state index contributed by atoms with van der Waals surface area (Å²) in [5, 5.41) is 7.56. The van der Waals surface area contributed by atoms with Crippen LogP contribution in [0.2, 0.25) is 0 Å². The molecule has 7 nitrogen and oxygen atoms in total. The lowest BCUT2D eigenvalue weighted by Crippen LogP contribution is -2.44. The maximum Gasteiger partial charge on any atom is 0.328 e. The van der Waals surface area contributed by atoms with E-state index in [1.165, 1.54) is 11.1 Å². The van der Waals surface area contributed by atoms with Crippen LogP contribution in [-0.2, 0) is 9.59 Å². The molecule has 0 spiro atoms. The van der Waals surface area contributed by atoms with Gasteiger partial charge in [0.25, 0.3) is 0 Å². The van der Waals surface area contributed by atoms with Gasteiger partial charge in [0.15, 0.2) is 5.82 Å². The largest absolute Gasteiger partial charge is 0.360 e. The van der Waals surface area contributed by atoms with E-state index in [2.05, 4.69) is 15.9 Å². The summed E-state index contributed by atoms with van der Waals surface area (Å²) in [5.41, 5.74) is 4.03. The Labute approximate surface area is 144 Å². The molecule has 0 bridgehead atoms. The predicted molar refractivity (Wildman–Crippen MR) is 93.0 cm³/mol. The topological polar surface area (TPSA) is 87.5 Å². The highest BCUT2D eigenvalue weighted by molar-refractivity contribution is 6.39. The van der Waals surface area contributed by atoms with E-state index < -0.39 is 11.8 Å². The second-order valence-electron chi connectivity index (χ2n) is 5.22. The Morgan fingerprint density at radius 1 is 0.920 bits per heavy atom. The predicted octanol–water partition coefficient (Wildman–Crippen LogP) is 2.79. The zero-order chi connectivity index (χ0) is 17.6. The highest BCUT2D eigenvalue weighted by Gasteiger charge is 2.20. The molecule has 0 saturated carbocycles. The maximum absolute atomic E-state index is 12.3. The van der Waals surface area contributed by atoms with Gasteiger partial charge in [-0.2, -0.15) is 0 Å². The molecule has 0 fully saturated rings. The lowest BCUT2D eigenvalue weighted by atomic mass is 10.2. The van der Waals surface area contributed by atoms with Crippen molar-refractivity contribution >= 4 is 29.0 Å². The average molecular weight is 336 g/mol. The maximum atomic E-state index is 12.3. The second kappa shape index (κ2) is 7.31. The molecule has 3 aromatic rings. The Kier molecular flexibility index (Phi) is 4.75. The van der Waals surface area contributed by atoms with E-state index in [9.17, 15) is 9.59 Å². The summed E-state index contributed by atoms with van der Waals surface area (Å²) in [6.07, 6.45) is 0. The molecule has 7 heteroatoms. The van der Waals surface area contributed by atoms with Crippen LogP contribution in [0.3, 0.4) is 0 Å². The number of aromatic nitrogens is 1. The zero-order valence-corrected chi connectivity index (χ0v) is 13.5. The van der Waals surface area contributed by atoms with Crippen LogP contribution < -0.4 is 15.8 Å². The minimum atomic E-state index is -0.842. The minimum Gasteiger partial charge on any atom is -0.360 e. The Hall–Kier alpha value is -3.61. The fourth-order valence-corrected chi connectivity index (χ4v) is 2.18. The molecule has 0 aliphatic heterocycles. The molecule has 0 radical (unpaired) electrons. The van der Waals surface area contributed by atoms with Gasteiger partial charge in [-0.25, -0.2) is 0 Å². The third-order valence-corrected chi connectivity index (χ3v) is 3.32. The lowest BCUT2D eigenvalue weighted by molar-refractivity contribution is -0.136. The highest BCUT2D eigenvalue weighted by Crippen LogP contribution is 2.22. The summed E-state index contributed by atoms with van der Waals surface area (Å²) in [6, 6.07) is 19.9. The number of hydrogen-bond acceptors (Lipinski definition) is 5. The number of para-hydroxylation sites is 2. The number of carbonyl (C=O) groups excluding carboxylic acids is 2. The summed E-state index contributed by atoms with van der Waals surface area (Å²) in [4.78, 5) is 24.4. The van der Waals surface area contributed by atoms with Crippen molar-refractivity contribution in [2.24, 2.45) is 0 Å². The Morgan fingerprint density at radius 3 is 1.96 bits per heavy atom. The van der Waals surface area contributed by atoms with Crippen LogP contribution in [0.15, 0.2) is 71.3 Å². The molecule has 1 heterocycles. The van der Waals surface area contributed by atoms with Crippen molar-refractivity contribution in [1.82, 2.24) is 10.6 Å². The first-order valence-electron chi connectivity index (χ1n) is 7.59. The van der Waals surface area contributed by atoms with Gasteiger partial charge in [-0.15, -0.1) is 0 Å². The molecule has 25 heavy (non-hydrogen) atoms. The Morgan fingerprint density at radius 2 is 1.48 bits per heavy atom. The first-order valence-corrected chi connectivity index (χ1v) is 7.59. The van der Waals surface area contributed by atoms with Gasteiger partial charge in [0.2, 0.25) is 0 Å². The molecule has 2 amide bonds. The standard InChI is InChI=1S/C18H16N4O3/c1-13-12-16(21-25-13)19-17(23)18(24)20-22(14-8-4-2-5-9-14)15-10-6-3-7-11-15/h2-12H,1H3,(H,20,24)(H,19,21,23). The van der Waals surface area contributed by atoms with Gasteiger partial charge in [0.1, 0.15) is 5.76 Å². The van der Waals surface area contributed by atoms with Gasteiger partial charge in [0, 0.05) is 6.07 Å². The van der Waals surface area contributed by atoms with Crippen molar-refractivity contribution in [2.45, 2.75) is 6.92 Å². The molecule has 0 saturated heterocycles. The summed E-state index contributed by atoms with van der Waals surface area (Å²) in [7, 11) is 0. The van der Waals surface area contributed by atoms with Gasteiger partial charge in [-0.3, -0.25) is 25.3 Å². The van der Waals surface area contributed by atoms with Crippen LogP contribution in [0.1, 0.15) is 5.76 Å². The fraction of sp³-hybridized carbons (Fsp3) is 0.0556. The molecular weight excluding hydrogens is 320 g/mol. The summed E-state index contributed by atoms with van der Waals surface area (Å²) in [5.74, 6) is -0.951. The summed E-state index contributed by atoms with van der Waals surface area (Å²) in [6.45, 7) is 1.69. The number of nitrogens with zero attached hydrogens (tertiary/aromatic N) is 2. The van der Waals surface area contributed by atoms with Crippen LogP contribution in [0.4, 0.5) is 17.2 Å². The second-order valence-corrected chi connectivity index (χ2v) is 5.22. The Bertz CT molecular complexity index is 823. The molecule has 2 N–H and O–H groups in total. The van der Waals surface area contributed by atoms with Crippen molar-refractivity contribution in [1.29, 1.82) is 0 Å². The quantitative estimate of drug-likeness (QED) is 0.565. The number of amides is 2. The summed E-state index contributed by atoms with van der Waals surface area (Å²) < 4.78 is 4.86. The number of aryl methyl sites for hydroxylation is 1. The van der Waals surface area contributed by atoms with Crippen molar-refractivity contribution in [3.8, 4) is 0 Å². The van der Waals surface area contributed by atoms with Gasteiger partial charge in [0.05, 0.1) is 11.4 Å². The van der Waals surface area contributed by atoms with Crippen LogP contribution in [0.5, 0.6) is 0 Å². The van der Waals surface area contributed by atoms with Gasteiger partial charge < -0.3 is 4.52 Å². The lowest BCUT2D eigenvalue weighted by Gasteiger charge is -2.25. The molecule has 1 aromatic heterocycles. The van der Waals surface area contributed by atoms with Crippen molar-refractivity contribution < 1.29 is 14.1 Å². The number of carbonyl (C=O) groups is 2. The molecule has 0 aliphatic rings. The van der Waals surface area contributed by atoms with E-state index in [1.807, 2.05) is 60.7 Å². The number of rotatable bonds is 4. The monoisotopic (exact) mass is 336 g/mol. The normalized spacial score (nSPS) is 10.1. The molecule has 0 unspecified atom stereocenters. The number of benzene rings is 2. The van der Waals surface area contributed by atoms with E-state index in [-0.39, 0.29) is 5.82 Å². The van der Waals surface area contributed by atoms with Gasteiger partial charge in [-0.05, 0) is 31.2 Å². The number of anilines is 3. The van der Waals surface area contributed by atoms with E-state index in [1.54, 1.807) is 6.92 Å². The first kappa shape index (κ1) is 16.3. The zero-order valence-electron chi connectivity index (χ0n) is 13.5. The van der Waals surface area contributed by atoms with Crippen LogP contribution >= 0.6 is 0 Å². The molecule has 2 aromatic carbocycles. The first-order chi connectivity index (χ1) is 12.1. The minimum absolute atomic E-state index is 0.184. The van der Waals surface area contributed by atoms with Crippen LogP contribution in [0, 0.1) is 6.92 Å².